The molecule has 0 amide bonds. The van der Waals surface area contributed by atoms with Crippen LogP contribution >= 0.6 is 0 Å². The molecular weight excluding hydrogens is 296 g/mol. The van der Waals surface area contributed by atoms with Crippen LogP contribution in [0.3, 0.4) is 0 Å². The predicted octanol–water partition coefficient (Wildman–Crippen LogP) is 6.32. The van der Waals surface area contributed by atoms with Crippen LogP contribution in [0.15, 0.2) is 24.3 Å². The SMILES string of the molecule is CCCCC/C=C\C/C=C\CCCCCCCC[C@H](O)CCCO. The van der Waals surface area contributed by atoms with E-state index >= 15 is 0 Å². The third-order valence-corrected chi connectivity index (χ3v) is 4.43. The Morgan fingerprint density at radius 1 is 0.667 bits per heavy atom. The summed E-state index contributed by atoms with van der Waals surface area (Å²) in [6, 6.07) is 0. The molecule has 0 radical (unpaired) electrons. The van der Waals surface area contributed by atoms with Gasteiger partial charge in [-0.05, 0) is 51.4 Å². The zero-order valence-corrected chi connectivity index (χ0v) is 16.1. The van der Waals surface area contributed by atoms with Crippen LogP contribution in [-0.2, 0) is 0 Å². The Labute approximate surface area is 151 Å². The average molecular weight is 339 g/mol. The summed E-state index contributed by atoms with van der Waals surface area (Å²) < 4.78 is 0. The second-order valence-corrected chi connectivity index (χ2v) is 6.89. The van der Waals surface area contributed by atoms with Gasteiger partial charge < -0.3 is 10.2 Å². The van der Waals surface area contributed by atoms with Crippen molar-refractivity contribution in [2.24, 2.45) is 0 Å². The quantitative estimate of drug-likeness (QED) is 0.227. The normalized spacial score (nSPS) is 13.3. The second kappa shape index (κ2) is 20.4. The number of unbranched alkanes of at least 4 members (excludes halogenated alkanes) is 9. The first-order valence-electron chi connectivity index (χ1n) is 10.4. The molecule has 0 bridgehead atoms. The maximum atomic E-state index is 9.67. The van der Waals surface area contributed by atoms with E-state index in [1.165, 1.54) is 64.2 Å². The third-order valence-electron chi connectivity index (χ3n) is 4.43. The van der Waals surface area contributed by atoms with Crippen molar-refractivity contribution in [1.29, 1.82) is 0 Å². The summed E-state index contributed by atoms with van der Waals surface area (Å²) >= 11 is 0. The van der Waals surface area contributed by atoms with Gasteiger partial charge in [-0.15, -0.1) is 0 Å². The van der Waals surface area contributed by atoms with Gasteiger partial charge in [-0.2, -0.15) is 0 Å². The summed E-state index contributed by atoms with van der Waals surface area (Å²) in [5.74, 6) is 0. The van der Waals surface area contributed by atoms with E-state index in [1.54, 1.807) is 0 Å². The average Bonchev–Trinajstić information content (AvgIpc) is 2.59. The summed E-state index contributed by atoms with van der Waals surface area (Å²) in [5, 5.41) is 18.4. The van der Waals surface area contributed by atoms with Gasteiger partial charge in [0.05, 0.1) is 6.10 Å². The molecular formula is C22H42O2. The van der Waals surface area contributed by atoms with Gasteiger partial charge in [0, 0.05) is 6.61 Å². The fourth-order valence-electron chi connectivity index (χ4n) is 2.84. The minimum absolute atomic E-state index is 0.195. The largest absolute Gasteiger partial charge is 0.396 e. The van der Waals surface area contributed by atoms with E-state index in [2.05, 4.69) is 31.2 Å². The number of hydrogen-bond acceptors (Lipinski definition) is 2. The number of aliphatic hydroxyl groups is 2. The highest BCUT2D eigenvalue weighted by atomic mass is 16.3. The Kier molecular flexibility index (Phi) is 19.9. The van der Waals surface area contributed by atoms with Crippen molar-refractivity contribution in [3.8, 4) is 0 Å². The lowest BCUT2D eigenvalue weighted by molar-refractivity contribution is 0.138. The first-order chi connectivity index (χ1) is 11.8. The summed E-state index contributed by atoms with van der Waals surface area (Å²) in [4.78, 5) is 0. The zero-order valence-electron chi connectivity index (χ0n) is 16.1. The molecule has 0 heterocycles. The molecule has 0 unspecified atom stereocenters. The standard InChI is InChI=1S/C22H42O2/c1-2-3-4-5-6-7-8-9-10-11-12-13-14-15-16-17-19-22(24)20-18-21-23/h6-7,9-10,22-24H,2-5,8,11-21H2,1H3/b7-6-,10-9-/t22-/m0/s1. The van der Waals surface area contributed by atoms with Gasteiger partial charge >= 0.3 is 0 Å². The lowest BCUT2D eigenvalue weighted by atomic mass is 10.0. The summed E-state index contributed by atoms with van der Waals surface area (Å²) in [6.07, 6.45) is 26.5. The Morgan fingerprint density at radius 2 is 1.21 bits per heavy atom. The molecule has 0 fully saturated rings. The van der Waals surface area contributed by atoms with Crippen molar-refractivity contribution in [1.82, 2.24) is 0 Å². The number of allylic oxidation sites excluding steroid dienone is 4. The topological polar surface area (TPSA) is 40.5 Å². The van der Waals surface area contributed by atoms with Crippen LogP contribution in [0.5, 0.6) is 0 Å². The Morgan fingerprint density at radius 3 is 1.83 bits per heavy atom. The van der Waals surface area contributed by atoms with Crippen LogP contribution in [0.1, 0.15) is 103 Å². The summed E-state index contributed by atoms with van der Waals surface area (Å²) in [5.41, 5.74) is 0. The maximum absolute atomic E-state index is 9.67. The van der Waals surface area contributed by atoms with Crippen LogP contribution in [0.4, 0.5) is 0 Å². The lowest BCUT2D eigenvalue weighted by Crippen LogP contribution is -2.06. The van der Waals surface area contributed by atoms with E-state index in [1.807, 2.05) is 0 Å². The molecule has 0 rings (SSSR count). The molecule has 24 heavy (non-hydrogen) atoms. The van der Waals surface area contributed by atoms with Crippen LogP contribution in [0.25, 0.3) is 0 Å². The van der Waals surface area contributed by atoms with Crippen molar-refractivity contribution >= 4 is 0 Å². The number of aliphatic hydroxyl groups excluding tert-OH is 2. The van der Waals surface area contributed by atoms with E-state index in [9.17, 15) is 5.11 Å². The molecule has 2 nitrogen and oxygen atoms in total. The highest BCUT2D eigenvalue weighted by molar-refractivity contribution is 4.92. The summed E-state index contributed by atoms with van der Waals surface area (Å²) in [6.45, 7) is 2.44. The molecule has 0 aliphatic carbocycles. The lowest BCUT2D eigenvalue weighted by Gasteiger charge is -2.08. The molecule has 0 spiro atoms. The molecule has 0 aromatic carbocycles. The molecule has 0 aliphatic rings. The molecule has 0 aromatic rings. The van der Waals surface area contributed by atoms with Crippen molar-refractivity contribution in [3.63, 3.8) is 0 Å². The van der Waals surface area contributed by atoms with E-state index in [-0.39, 0.29) is 12.7 Å². The Hall–Kier alpha value is -0.600. The van der Waals surface area contributed by atoms with Crippen LogP contribution in [-0.4, -0.2) is 22.9 Å². The molecule has 1 atom stereocenters. The van der Waals surface area contributed by atoms with Gasteiger partial charge in [-0.25, -0.2) is 0 Å². The van der Waals surface area contributed by atoms with Gasteiger partial charge in [0.25, 0.3) is 0 Å². The Bertz CT molecular complexity index is 284. The van der Waals surface area contributed by atoms with E-state index in [0.29, 0.717) is 0 Å². The fourth-order valence-corrected chi connectivity index (χ4v) is 2.84. The molecule has 142 valence electrons. The van der Waals surface area contributed by atoms with Crippen molar-refractivity contribution in [3.05, 3.63) is 24.3 Å². The van der Waals surface area contributed by atoms with E-state index in [0.717, 1.165) is 32.1 Å². The number of hydrogen-bond donors (Lipinski definition) is 2. The monoisotopic (exact) mass is 338 g/mol. The van der Waals surface area contributed by atoms with Gasteiger partial charge in [-0.3, -0.25) is 0 Å². The van der Waals surface area contributed by atoms with Gasteiger partial charge in [0.2, 0.25) is 0 Å². The van der Waals surface area contributed by atoms with Gasteiger partial charge in [0.1, 0.15) is 0 Å². The molecule has 0 aromatic heterocycles. The molecule has 0 aliphatic heterocycles. The Balaban J connectivity index is 3.20. The highest BCUT2D eigenvalue weighted by Crippen LogP contribution is 2.12. The van der Waals surface area contributed by atoms with Crippen LogP contribution < -0.4 is 0 Å². The number of rotatable bonds is 18. The third kappa shape index (κ3) is 19.4. The van der Waals surface area contributed by atoms with E-state index in [4.69, 9.17) is 5.11 Å². The maximum Gasteiger partial charge on any atom is 0.0541 e. The molecule has 0 saturated carbocycles. The molecule has 0 saturated heterocycles. The van der Waals surface area contributed by atoms with E-state index < -0.39 is 0 Å². The highest BCUT2D eigenvalue weighted by Gasteiger charge is 2.02. The minimum atomic E-state index is -0.206. The summed E-state index contributed by atoms with van der Waals surface area (Å²) in [7, 11) is 0. The smallest absolute Gasteiger partial charge is 0.0541 e. The second-order valence-electron chi connectivity index (χ2n) is 6.89. The van der Waals surface area contributed by atoms with Crippen molar-refractivity contribution in [2.45, 2.75) is 109 Å². The predicted molar refractivity (Wildman–Crippen MR) is 106 cm³/mol. The van der Waals surface area contributed by atoms with Gasteiger partial charge in [-0.1, -0.05) is 76.2 Å². The molecule has 2 heteroatoms. The zero-order chi connectivity index (χ0) is 17.7. The fraction of sp³-hybridized carbons (Fsp3) is 0.818. The first-order valence-corrected chi connectivity index (χ1v) is 10.4. The van der Waals surface area contributed by atoms with Crippen molar-refractivity contribution in [2.75, 3.05) is 6.61 Å². The van der Waals surface area contributed by atoms with Crippen LogP contribution in [0, 0.1) is 0 Å². The minimum Gasteiger partial charge on any atom is -0.396 e. The van der Waals surface area contributed by atoms with Crippen molar-refractivity contribution < 1.29 is 10.2 Å². The van der Waals surface area contributed by atoms with Crippen LogP contribution in [0.2, 0.25) is 0 Å². The first kappa shape index (κ1) is 23.4. The van der Waals surface area contributed by atoms with Gasteiger partial charge in [0.15, 0.2) is 0 Å². The molecule has 2 N–H and O–H groups in total.